The van der Waals surface area contributed by atoms with Gasteiger partial charge in [0.25, 0.3) is 0 Å². The maximum absolute atomic E-state index is 10.7. The molecule has 1 aliphatic heterocycles. The average molecular weight is 210 g/mol. The molecule has 0 amide bonds. The third-order valence-electron chi connectivity index (χ3n) is 2.71. The third-order valence-corrected chi connectivity index (χ3v) is 2.71. The number of aliphatic carboxylic acids is 1. The van der Waals surface area contributed by atoms with Crippen molar-refractivity contribution in [1.82, 2.24) is 9.55 Å². The van der Waals surface area contributed by atoms with E-state index < -0.39 is 12.1 Å². The number of hydrogen-bond donors (Lipinski definition) is 1. The normalized spacial score (nSPS) is 25.7. The van der Waals surface area contributed by atoms with Crippen molar-refractivity contribution >= 4 is 5.97 Å². The Kier molecular flexibility index (Phi) is 2.73. The fourth-order valence-corrected chi connectivity index (χ4v) is 1.84. The summed E-state index contributed by atoms with van der Waals surface area (Å²) in [7, 11) is 0. The quantitative estimate of drug-likeness (QED) is 0.802. The molecule has 1 N–H and O–H groups in total. The highest BCUT2D eigenvalue weighted by molar-refractivity contribution is 5.72. The summed E-state index contributed by atoms with van der Waals surface area (Å²) in [4.78, 5) is 14.8. The average Bonchev–Trinajstić information content (AvgIpc) is 2.77. The number of nitrogens with zero attached hydrogens (tertiary/aromatic N) is 2. The van der Waals surface area contributed by atoms with Crippen LogP contribution in [-0.4, -0.2) is 32.8 Å². The van der Waals surface area contributed by atoms with Crippen LogP contribution in [0, 0.1) is 6.92 Å². The van der Waals surface area contributed by atoms with Crippen molar-refractivity contribution in [2.45, 2.75) is 38.5 Å². The van der Waals surface area contributed by atoms with Crippen molar-refractivity contribution in [3.8, 4) is 0 Å². The van der Waals surface area contributed by atoms with Crippen molar-refractivity contribution in [2.75, 3.05) is 0 Å². The largest absolute Gasteiger partial charge is 0.479 e. The molecule has 1 aliphatic rings. The third kappa shape index (κ3) is 2.18. The standard InChI is InChI=1S/C10H14N2O3/c1-7-11-4-5-12(7)6-8-2-3-9(15-8)10(13)14/h4-5,8-9H,2-3,6H2,1H3,(H,13,14). The summed E-state index contributed by atoms with van der Waals surface area (Å²) >= 11 is 0. The van der Waals surface area contributed by atoms with Crippen LogP contribution in [0.3, 0.4) is 0 Å². The molecular formula is C10H14N2O3. The molecule has 5 heteroatoms. The molecule has 1 saturated heterocycles. The number of aromatic nitrogens is 2. The van der Waals surface area contributed by atoms with Gasteiger partial charge in [-0.3, -0.25) is 0 Å². The first-order chi connectivity index (χ1) is 7.16. The van der Waals surface area contributed by atoms with Crippen molar-refractivity contribution in [2.24, 2.45) is 0 Å². The highest BCUT2D eigenvalue weighted by Crippen LogP contribution is 2.21. The molecule has 0 aliphatic carbocycles. The Labute approximate surface area is 87.7 Å². The first-order valence-electron chi connectivity index (χ1n) is 5.03. The molecule has 82 valence electrons. The van der Waals surface area contributed by atoms with Crippen LogP contribution in [0.1, 0.15) is 18.7 Å². The lowest BCUT2D eigenvalue weighted by Crippen LogP contribution is -2.23. The molecule has 2 heterocycles. The Balaban J connectivity index is 1.93. The van der Waals surface area contributed by atoms with Gasteiger partial charge in [-0.05, 0) is 19.8 Å². The number of rotatable bonds is 3. The monoisotopic (exact) mass is 210 g/mol. The van der Waals surface area contributed by atoms with Crippen LogP contribution >= 0.6 is 0 Å². The Bertz CT molecular complexity index is 361. The van der Waals surface area contributed by atoms with E-state index in [0.29, 0.717) is 13.0 Å². The molecule has 15 heavy (non-hydrogen) atoms. The zero-order chi connectivity index (χ0) is 10.8. The number of hydrogen-bond acceptors (Lipinski definition) is 3. The van der Waals surface area contributed by atoms with Gasteiger partial charge in [0.1, 0.15) is 5.82 Å². The van der Waals surface area contributed by atoms with E-state index in [1.165, 1.54) is 0 Å². The molecule has 2 atom stereocenters. The van der Waals surface area contributed by atoms with Gasteiger partial charge in [0, 0.05) is 12.4 Å². The molecule has 2 unspecified atom stereocenters. The first kappa shape index (κ1) is 10.2. The summed E-state index contributed by atoms with van der Waals surface area (Å²) in [6.07, 6.45) is 4.39. The van der Waals surface area contributed by atoms with E-state index >= 15 is 0 Å². The summed E-state index contributed by atoms with van der Waals surface area (Å²) in [6.45, 7) is 2.61. The first-order valence-corrected chi connectivity index (χ1v) is 5.03. The van der Waals surface area contributed by atoms with Crippen LogP contribution < -0.4 is 0 Å². The Hall–Kier alpha value is -1.36. The maximum atomic E-state index is 10.7. The van der Waals surface area contributed by atoms with Gasteiger partial charge in [-0.1, -0.05) is 0 Å². The van der Waals surface area contributed by atoms with Crippen LogP contribution in [0.15, 0.2) is 12.4 Å². The molecular weight excluding hydrogens is 196 g/mol. The van der Waals surface area contributed by atoms with Gasteiger partial charge in [-0.15, -0.1) is 0 Å². The summed E-state index contributed by atoms with van der Waals surface area (Å²) in [5.41, 5.74) is 0. The van der Waals surface area contributed by atoms with Gasteiger partial charge in [-0.2, -0.15) is 0 Å². The highest BCUT2D eigenvalue weighted by atomic mass is 16.5. The van der Waals surface area contributed by atoms with Gasteiger partial charge in [0.2, 0.25) is 0 Å². The molecule has 2 rings (SSSR count). The van der Waals surface area contributed by atoms with Crippen LogP contribution in [-0.2, 0) is 16.1 Å². The van der Waals surface area contributed by atoms with Gasteiger partial charge in [0.15, 0.2) is 6.10 Å². The second-order valence-electron chi connectivity index (χ2n) is 3.79. The SMILES string of the molecule is Cc1nccn1CC1CCC(C(=O)O)O1. The predicted octanol–water partition coefficient (Wildman–Crippen LogP) is 0.824. The van der Waals surface area contributed by atoms with E-state index in [0.717, 1.165) is 12.2 Å². The topological polar surface area (TPSA) is 64.4 Å². The number of aryl methyl sites for hydroxylation is 1. The number of carboxylic acids is 1. The van der Waals surface area contributed by atoms with E-state index in [4.69, 9.17) is 9.84 Å². The summed E-state index contributed by atoms with van der Waals surface area (Å²) in [5.74, 6) is 0.0669. The summed E-state index contributed by atoms with van der Waals surface area (Å²) < 4.78 is 7.38. The minimum atomic E-state index is -0.861. The van der Waals surface area contributed by atoms with Crippen molar-refractivity contribution in [1.29, 1.82) is 0 Å². The maximum Gasteiger partial charge on any atom is 0.332 e. The fourth-order valence-electron chi connectivity index (χ4n) is 1.84. The second kappa shape index (κ2) is 4.02. The van der Waals surface area contributed by atoms with E-state index in [9.17, 15) is 4.79 Å². The molecule has 0 radical (unpaired) electrons. The van der Waals surface area contributed by atoms with E-state index in [1.54, 1.807) is 6.20 Å². The molecule has 0 bridgehead atoms. The lowest BCUT2D eigenvalue weighted by atomic mass is 10.2. The predicted molar refractivity (Wildman–Crippen MR) is 52.5 cm³/mol. The number of imidazole rings is 1. The lowest BCUT2D eigenvalue weighted by Gasteiger charge is -2.12. The molecule has 0 spiro atoms. The van der Waals surface area contributed by atoms with Crippen molar-refractivity contribution < 1.29 is 14.6 Å². The molecule has 0 aromatic carbocycles. The van der Waals surface area contributed by atoms with Gasteiger partial charge >= 0.3 is 5.97 Å². The lowest BCUT2D eigenvalue weighted by molar-refractivity contribution is -0.149. The number of carboxylic acid groups (broad SMARTS) is 1. The van der Waals surface area contributed by atoms with Gasteiger partial charge < -0.3 is 14.4 Å². The van der Waals surface area contributed by atoms with Gasteiger partial charge in [0.05, 0.1) is 12.6 Å². The minimum Gasteiger partial charge on any atom is -0.479 e. The van der Waals surface area contributed by atoms with Crippen molar-refractivity contribution in [3.63, 3.8) is 0 Å². The van der Waals surface area contributed by atoms with Crippen LogP contribution in [0.4, 0.5) is 0 Å². The Morgan fingerprint density at radius 2 is 2.53 bits per heavy atom. The summed E-state index contributed by atoms with van der Waals surface area (Å²) in [5, 5.41) is 8.77. The number of ether oxygens (including phenoxy) is 1. The van der Waals surface area contributed by atoms with Crippen LogP contribution in [0.2, 0.25) is 0 Å². The Morgan fingerprint density at radius 1 is 1.73 bits per heavy atom. The minimum absolute atomic E-state index is 0.000926. The van der Waals surface area contributed by atoms with Crippen LogP contribution in [0.5, 0.6) is 0 Å². The Morgan fingerprint density at radius 3 is 3.07 bits per heavy atom. The smallest absolute Gasteiger partial charge is 0.332 e. The molecule has 1 aromatic heterocycles. The number of carbonyl (C=O) groups is 1. The highest BCUT2D eigenvalue weighted by Gasteiger charge is 2.30. The van der Waals surface area contributed by atoms with E-state index in [2.05, 4.69) is 4.98 Å². The van der Waals surface area contributed by atoms with E-state index in [1.807, 2.05) is 17.7 Å². The molecule has 0 saturated carbocycles. The summed E-state index contributed by atoms with van der Waals surface area (Å²) in [6, 6.07) is 0. The van der Waals surface area contributed by atoms with Gasteiger partial charge in [-0.25, -0.2) is 9.78 Å². The fraction of sp³-hybridized carbons (Fsp3) is 0.600. The van der Waals surface area contributed by atoms with Crippen molar-refractivity contribution in [3.05, 3.63) is 18.2 Å². The molecule has 1 fully saturated rings. The molecule has 1 aromatic rings. The zero-order valence-corrected chi connectivity index (χ0v) is 8.59. The zero-order valence-electron chi connectivity index (χ0n) is 8.59. The van der Waals surface area contributed by atoms with Crippen LogP contribution in [0.25, 0.3) is 0 Å². The van der Waals surface area contributed by atoms with E-state index in [-0.39, 0.29) is 6.10 Å². The second-order valence-corrected chi connectivity index (χ2v) is 3.79. The molecule has 5 nitrogen and oxygen atoms in total.